The summed E-state index contributed by atoms with van der Waals surface area (Å²) in [7, 11) is 0. The van der Waals surface area contributed by atoms with E-state index in [2.05, 4.69) is 64.3 Å². The van der Waals surface area contributed by atoms with Gasteiger partial charge in [-0.3, -0.25) is 4.90 Å². The standard InChI is InChI=1S/C13H19BrN2.ClH/c1-10-7-16(8-11(2)15-10)9-12-5-3-4-6-13(12)14;/h3-6,10-11,15H,7-9H2,1-2H3;1H. The minimum absolute atomic E-state index is 0. The van der Waals surface area contributed by atoms with Gasteiger partial charge in [-0.1, -0.05) is 34.1 Å². The zero-order valence-electron chi connectivity index (χ0n) is 10.3. The van der Waals surface area contributed by atoms with Crippen LogP contribution in [-0.4, -0.2) is 30.1 Å². The molecule has 1 aromatic rings. The summed E-state index contributed by atoms with van der Waals surface area (Å²) in [6.07, 6.45) is 0. The molecule has 0 radical (unpaired) electrons. The summed E-state index contributed by atoms with van der Waals surface area (Å²) in [6.45, 7) is 7.81. The van der Waals surface area contributed by atoms with Crippen LogP contribution in [0.5, 0.6) is 0 Å². The normalized spacial score (nSPS) is 25.4. The largest absolute Gasteiger partial charge is 0.309 e. The van der Waals surface area contributed by atoms with Gasteiger partial charge in [-0.25, -0.2) is 0 Å². The molecule has 1 aliphatic heterocycles. The Morgan fingerprint density at radius 3 is 2.41 bits per heavy atom. The molecule has 2 atom stereocenters. The predicted octanol–water partition coefficient (Wildman–Crippen LogP) is 3.05. The highest BCUT2D eigenvalue weighted by Gasteiger charge is 2.20. The lowest BCUT2D eigenvalue weighted by Gasteiger charge is -2.36. The molecule has 2 unspecified atom stereocenters. The van der Waals surface area contributed by atoms with Gasteiger partial charge in [-0.2, -0.15) is 0 Å². The van der Waals surface area contributed by atoms with Gasteiger partial charge in [0.2, 0.25) is 0 Å². The maximum atomic E-state index is 3.61. The van der Waals surface area contributed by atoms with Crippen molar-refractivity contribution >= 4 is 28.3 Å². The number of hydrogen-bond acceptors (Lipinski definition) is 2. The number of nitrogens with one attached hydrogen (secondary N) is 1. The average molecular weight is 320 g/mol. The van der Waals surface area contributed by atoms with Crippen LogP contribution in [0.4, 0.5) is 0 Å². The highest BCUT2D eigenvalue weighted by atomic mass is 79.9. The lowest BCUT2D eigenvalue weighted by atomic mass is 10.1. The van der Waals surface area contributed by atoms with Crippen molar-refractivity contribution < 1.29 is 0 Å². The molecule has 2 nitrogen and oxygen atoms in total. The smallest absolute Gasteiger partial charge is 0.0246 e. The summed E-state index contributed by atoms with van der Waals surface area (Å²) in [4.78, 5) is 2.52. The number of halogens is 2. The molecule has 0 saturated carbocycles. The van der Waals surface area contributed by atoms with E-state index in [0.717, 1.165) is 19.6 Å². The molecule has 1 aromatic carbocycles. The fourth-order valence-corrected chi connectivity index (χ4v) is 2.85. The number of rotatable bonds is 2. The van der Waals surface area contributed by atoms with Crippen LogP contribution in [0, 0.1) is 0 Å². The van der Waals surface area contributed by atoms with Gasteiger partial charge in [0.15, 0.2) is 0 Å². The first-order valence-electron chi connectivity index (χ1n) is 5.87. The van der Waals surface area contributed by atoms with Gasteiger partial charge in [0, 0.05) is 36.2 Å². The topological polar surface area (TPSA) is 15.3 Å². The zero-order valence-corrected chi connectivity index (χ0v) is 12.7. The minimum Gasteiger partial charge on any atom is -0.309 e. The van der Waals surface area contributed by atoms with E-state index < -0.39 is 0 Å². The van der Waals surface area contributed by atoms with Gasteiger partial charge < -0.3 is 5.32 Å². The van der Waals surface area contributed by atoms with E-state index in [9.17, 15) is 0 Å². The second-order valence-electron chi connectivity index (χ2n) is 4.75. The van der Waals surface area contributed by atoms with Crippen molar-refractivity contribution in [2.45, 2.75) is 32.5 Å². The lowest BCUT2D eigenvalue weighted by Crippen LogP contribution is -2.53. The molecule has 1 heterocycles. The summed E-state index contributed by atoms with van der Waals surface area (Å²) < 4.78 is 1.22. The molecule has 0 amide bonds. The van der Waals surface area contributed by atoms with Crippen LogP contribution < -0.4 is 5.32 Å². The minimum atomic E-state index is 0. The molecule has 4 heteroatoms. The molecule has 17 heavy (non-hydrogen) atoms. The van der Waals surface area contributed by atoms with Crippen LogP contribution in [0.2, 0.25) is 0 Å². The van der Waals surface area contributed by atoms with E-state index in [1.807, 2.05) is 0 Å². The van der Waals surface area contributed by atoms with Crippen LogP contribution in [0.15, 0.2) is 28.7 Å². The molecule has 1 aliphatic rings. The monoisotopic (exact) mass is 318 g/mol. The average Bonchev–Trinajstić information content (AvgIpc) is 2.20. The molecule has 1 fully saturated rings. The third kappa shape index (κ3) is 4.25. The second kappa shape index (κ2) is 6.74. The van der Waals surface area contributed by atoms with Crippen molar-refractivity contribution in [2.75, 3.05) is 13.1 Å². The van der Waals surface area contributed by atoms with Crippen molar-refractivity contribution in [3.63, 3.8) is 0 Å². The summed E-state index contributed by atoms with van der Waals surface area (Å²) in [5.74, 6) is 0. The summed E-state index contributed by atoms with van der Waals surface area (Å²) >= 11 is 3.61. The van der Waals surface area contributed by atoms with E-state index in [0.29, 0.717) is 12.1 Å². The Morgan fingerprint density at radius 2 is 1.82 bits per heavy atom. The van der Waals surface area contributed by atoms with Crippen molar-refractivity contribution in [3.05, 3.63) is 34.3 Å². The first-order valence-corrected chi connectivity index (χ1v) is 6.66. The van der Waals surface area contributed by atoms with Crippen molar-refractivity contribution in [3.8, 4) is 0 Å². The van der Waals surface area contributed by atoms with E-state index in [1.54, 1.807) is 0 Å². The SMILES string of the molecule is CC1CN(Cc2ccccc2Br)CC(C)N1.Cl. The quantitative estimate of drug-likeness (QED) is 0.901. The highest BCUT2D eigenvalue weighted by Crippen LogP contribution is 2.19. The number of benzene rings is 1. The Hall–Kier alpha value is -0.0900. The summed E-state index contributed by atoms with van der Waals surface area (Å²) in [5, 5.41) is 3.56. The summed E-state index contributed by atoms with van der Waals surface area (Å²) in [6, 6.07) is 9.66. The first-order chi connectivity index (χ1) is 7.65. The van der Waals surface area contributed by atoms with Crippen molar-refractivity contribution in [2.24, 2.45) is 0 Å². The van der Waals surface area contributed by atoms with Crippen LogP contribution in [0.25, 0.3) is 0 Å². The molecule has 1 N–H and O–H groups in total. The Kier molecular flexibility index (Phi) is 5.93. The van der Waals surface area contributed by atoms with Gasteiger partial charge >= 0.3 is 0 Å². The van der Waals surface area contributed by atoms with Gasteiger partial charge in [0.05, 0.1) is 0 Å². The Morgan fingerprint density at radius 1 is 1.24 bits per heavy atom. The van der Waals surface area contributed by atoms with Gasteiger partial charge in [0.1, 0.15) is 0 Å². The fourth-order valence-electron chi connectivity index (χ4n) is 2.44. The molecule has 96 valence electrons. The molecule has 2 rings (SSSR count). The van der Waals surface area contributed by atoms with Crippen molar-refractivity contribution in [1.82, 2.24) is 10.2 Å². The van der Waals surface area contributed by atoms with Crippen LogP contribution >= 0.6 is 28.3 Å². The third-order valence-electron chi connectivity index (χ3n) is 2.98. The van der Waals surface area contributed by atoms with Gasteiger partial charge in [-0.15, -0.1) is 12.4 Å². The van der Waals surface area contributed by atoms with E-state index in [1.165, 1.54) is 10.0 Å². The van der Waals surface area contributed by atoms with E-state index in [4.69, 9.17) is 0 Å². The molecule has 0 aliphatic carbocycles. The molecule has 0 spiro atoms. The molecular formula is C13H20BrClN2. The third-order valence-corrected chi connectivity index (χ3v) is 3.76. The molecule has 0 bridgehead atoms. The maximum absolute atomic E-state index is 3.61. The maximum Gasteiger partial charge on any atom is 0.0246 e. The van der Waals surface area contributed by atoms with E-state index >= 15 is 0 Å². The lowest BCUT2D eigenvalue weighted by molar-refractivity contribution is 0.166. The Bertz CT molecular complexity index is 349. The Balaban J connectivity index is 0.00000144. The van der Waals surface area contributed by atoms with Crippen molar-refractivity contribution in [1.29, 1.82) is 0 Å². The number of piperazine rings is 1. The predicted molar refractivity (Wildman–Crippen MR) is 78.7 cm³/mol. The van der Waals surface area contributed by atoms with Crippen LogP contribution in [0.3, 0.4) is 0 Å². The fraction of sp³-hybridized carbons (Fsp3) is 0.538. The molecule has 1 saturated heterocycles. The molecule has 0 aromatic heterocycles. The van der Waals surface area contributed by atoms with Crippen LogP contribution in [-0.2, 0) is 6.54 Å². The highest BCUT2D eigenvalue weighted by molar-refractivity contribution is 9.10. The van der Waals surface area contributed by atoms with E-state index in [-0.39, 0.29) is 12.4 Å². The van der Waals surface area contributed by atoms with Gasteiger partial charge in [0.25, 0.3) is 0 Å². The molecular weight excluding hydrogens is 300 g/mol. The zero-order chi connectivity index (χ0) is 11.5. The number of hydrogen-bond donors (Lipinski definition) is 1. The Labute approximate surface area is 118 Å². The number of nitrogens with zero attached hydrogens (tertiary/aromatic N) is 1. The summed E-state index contributed by atoms with van der Waals surface area (Å²) in [5.41, 5.74) is 1.38. The second-order valence-corrected chi connectivity index (χ2v) is 5.61. The van der Waals surface area contributed by atoms with Crippen LogP contribution in [0.1, 0.15) is 19.4 Å². The first kappa shape index (κ1) is 15.0. The van der Waals surface area contributed by atoms with Gasteiger partial charge in [-0.05, 0) is 25.5 Å².